The summed E-state index contributed by atoms with van der Waals surface area (Å²) in [6, 6.07) is 7.11. The number of hydrogen-bond acceptors (Lipinski definition) is 2. The lowest BCUT2D eigenvalue weighted by atomic mass is 10.2. The van der Waals surface area contributed by atoms with Crippen LogP contribution in [0.2, 0.25) is 5.02 Å². The minimum atomic E-state index is -0.215. The Morgan fingerprint density at radius 1 is 1.29 bits per heavy atom. The Morgan fingerprint density at radius 2 is 2.06 bits per heavy atom. The number of nitrogens with one attached hydrogen (secondary N) is 1. The van der Waals surface area contributed by atoms with Gasteiger partial charge in [0, 0.05) is 0 Å². The number of carbonyl (C=O) groups is 1. The summed E-state index contributed by atoms with van der Waals surface area (Å²) in [5, 5.41) is 3.32. The van der Waals surface area contributed by atoms with E-state index in [0.717, 1.165) is 5.56 Å². The summed E-state index contributed by atoms with van der Waals surface area (Å²) >= 11 is 6.04. The highest BCUT2D eigenvalue weighted by Gasteiger charge is 2.13. The van der Waals surface area contributed by atoms with Crippen molar-refractivity contribution < 1.29 is 9.21 Å². The van der Waals surface area contributed by atoms with Crippen LogP contribution in [0.5, 0.6) is 0 Å². The smallest absolute Gasteiger partial charge is 0.259 e. The molecule has 2 rings (SSSR count). The summed E-state index contributed by atoms with van der Waals surface area (Å²) < 4.78 is 5.09. The number of hydrogen-bond donors (Lipinski definition) is 1. The number of halogens is 1. The third-order valence-corrected chi connectivity index (χ3v) is 2.88. The molecule has 0 radical (unpaired) electrons. The van der Waals surface area contributed by atoms with Crippen molar-refractivity contribution in [2.75, 3.05) is 5.32 Å². The highest BCUT2D eigenvalue weighted by atomic mass is 35.5. The second-order valence-electron chi connectivity index (χ2n) is 3.78. The lowest BCUT2D eigenvalue weighted by Gasteiger charge is -2.09. The Balaban J connectivity index is 2.28. The zero-order valence-corrected chi connectivity index (χ0v) is 10.3. The molecule has 0 aliphatic rings. The molecule has 1 heterocycles. The van der Waals surface area contributed by atoms with Crippen LogP contribution in [-0.4, -0.2) is 5.91 Å². The van der Waals surface area contributed by atoms with Crippen molar-refractivity contribution in [3.63, 3.8) is 0 Å². The number of rotatable bonds is 2. The Kier molecular flexibility index (Phi) is 3.20. The molecule has 0 fully saturated rings. The van der Waals surface area contributed by atoms with E-state index in [1.165, 1.54) is 6.26 Å². The van der Waals surface area contributed by atoms with Crippen LogP contribution < -0.4 is 5.32 Å². The minimum Gasteiger partial charge on any atom is -0.469 e. The molecule has 0 unspecified atom stereocenters. The normalized spacial score (nSPS) is 10.3. The minimum absolute atomic E-state index is 0.215. The predicted octanol–water partition coefficient (Wildman–Crippen LogP) is 3.80. The van der Waals surface area contributed by atoms with Gasteiger partial charge in [-0.3, -0.25) is 4.79 Å². The van der Waals surface area contributed by atoms with E-state index >= 15 is 0 Å². The van der Waals surface area contributed by atoms with Crippen LogP contribution in [0.3, 0.4) is 0 Å². The van der Waals surface area contributed by atoms with Gasteiger partial charge in [-0.2, -0.15) is 0 Å². The van der Waals surface area contributed by atoms with Gasteiger partial charge in [-0.15, -0.1) is 0 Å². The maximum atomic E-state index is 12.0. The Hall–Kier alpha value is -1.74. The van der Waals surface area contributed by atoms with Gasteiger partial charge in [0.25, 0.3) is 5.91 Å². The molecule has 3 nitrogen and oxygen atoms in total. The van der Waals surface area contributed by atoms with Gasteiger partial charge < -0.3 is 9.73 Å². The first-order chi connectivity index (χ1) is 8.09. The van der Waals surface area contributed by atoms with Crippen LogP contribution in [0, 0.1) is 13.8 Å². The van der Waals surface area contributed by atoms with Crippen LogP contribution >= 0.6 is 11.6 Å². The molecule has 0 saturated heterocycles. The maximum absolute atomic E-state index is 12.0. The predicted molar refractivity (Wildman–Crippen MR) is 67.6 cm³/mol. The van der Waals surface area contributed by atoms with Gasteiger partial charge in [-0.25, -0.2) is 0 Å². The van der Waals surface area contributed by atoms with Gasteiger partial charge in [0.15, 0.2) is 0 Å². The molecule has 0 aliphatic carbocycles. The number of para-hydroxylation sites is 1. The summed E-state index contributed by atoms with van der Waals surface area (Å²) in [4.78, 5) is 12.0. The van der Waals surface area contributed by atoms with Crippen molar-refractivity contribution in [1.29, 1.82) is 0 Å². The van der Waals surface area contributed by atoms with E-state index in [0.29, 0.717) is 22.0 Å². The lowest BCUT2D eigenvalue weighted by Crippen LogP contribution is -2.13. The second kappa shape index (κ2) is 4.63. The fourth-order valence-electron chi connectivity index (χ4n) is 1.59. The summed E-state index contributed by atoms with van der Waals surface area (Å²) in [6.07, 6.45) is 1.49. The number of carbonyl (C=O) groups excluding carboxylic acids is 1. The summed E-state index contributed by atoms with van der Waals surface area (Å²) in [5.41, 5.74) is 2.08. The number of anilines is 1. The molecule has 0 saturated carbocycles. The first kappa shape index (κ1) is 11.7. The van der Waals surface area contributed by atoms with E-state index in [4.69, 9.17) is 16.0 Å². The van der Waals surface area contributed by atoms with E-state index in [1.807, 2.05) is 19.1 Å². The van der Waals surface area contributed by atoms with Crippen molar-refractivity contribution in [1.82, 2.24) is 0 Å². The molecule has 0 aliphatic heterocycles. The van der Waals surface area contributed by atoms with Gasteiger partial charge in [-0.05, 0) is 31.5 Å². The quantitative estimate of drug-likeness (QED) is 0.880. The van der Waals surface area contributed by atoms with Crippen molar-refractivity contribution >= 4 is 23.2 Å². The van der Waals surface area contributed by atoms with E-state index in [-0.39, 0.29) is 5.91 Å². The fraction of sp³-hybridized carbons (Fsp3) is 0.154. The average Bonchev–Trinajstić information content (AvgIpc) is 2.70. The van der Waals surface area contributed by atoms with E-state index in [2.05, 4.69) is 5.32 Å². The third-order valence-electron chi connectivity index (χ3n) is 2.56. The highest BCUT2D eigenvalue weighted by Crippen LogP contribution is 2.26. The van der Waals surface area contributed by atoms with Gasteiger partial charge in [-0.1, -0.05) is 23.7 Å². The van der Waals surface area contributed by atoms with Crippen LogP contribution in [0.4, 0.5) is 5.69 Å². The zero-order chi connectivity index (χ0) is 12.4. The molecule has 0 spiro atoms. The van der Waals surface area contributed by atoms with E-state index in [9.17, 15) is 4.79 Å². The maximum Gasteiger partial charge on any atom is 0.259 e. The van der Waals surface area contributed by atoms with Gasteiger partial charge in [0.05, 0.1) is 22.5 Å². The van der Waals surface area contributed by atoms with Crippen LogP contribution in [0.15, 0.2) is 34.9 Å². The number of furan rings is 1. The van der Waals surface area contributed by atoms with Gasteiger partial charge >= 0.3 is 0 Å². The number of benzene rings is 1. The topological polar surface area (TPSA) is 42.2 Å². The Labute approximate surface area is 104 Å². The summed E-state index contributed by atoms with van der Waals surface area (Å²) in [5.74, 6) is 0.375. The van der Waals surface area contributed by atoms with Crippen LogP contribution in [-0.2, 0) is 0 Å². The Morgan fingerprint density at radius 3 is 2.65 bits per heavy atom. The molecule has 17 heavy (non-hydrogen) atoms. The first-order valence-electron chi connectivity index (χ1n) is 5.20. The van der Waals surface area contributed by atoms with Crippen molar-refractivity contribution in [2.45, 2.75) is 13.8 Å². The molecule has 1 aromatic carbocycles. The first-order valence-corrected chi connectivity index (χ1v) is 5.58. The largest absolute Gasteiger partial charge is 0.469 e. The number of amides is 1. The molecule has 88 valence electrons. The molecule has 0 atom stereocenters. The van der Waals surface area contributed by atoms with E-state index < -0.39 is 0 Å². The number of aryl methyl sites for hydroxylation is 2. The zero-order valence-electron chi connectivity index (χ0n) is 9.58. The monoisotopic (exact) mass is 249 g/mol. The van der Waals surface area contributed by atoms with E-state index in [1.54, 1.807) is 19.1 Å². The van der Waals surface area contributed by atoms with Crippen molar-refractivity contribution in [2.24, 2.45) is 0 Å². The molecular formula is C13H12ClNO2. The van der Waals surface area contributed by atoms with Crippen molar-refractivity contribution in [3.8, 4) is 0 Å². The highest BCUT2D eigenvalue weighted by molar-refractivity contribution is 6.34. The molecule has 1 N–H and O–H groups in total. The fourth-order valence-corrected chi connectivity index (χ4v) is 1.86. The molecule has 1 aromatic heterocycles. The standard InChI is InChI=1S/C13H12ClNO2/c1-8-4-3-5-11(14)12(8)15-13(16)10-6-7-17-9(10)2/h3-7H,1-2H3,(H,15,16). The Bertz CT molecular complexity index is 540. The van der Waals surface area contributed by atoms with Gasteiger partial charge in [0.2, 0.25) is 0 Å². The molecule has 0 bridgehead atoms. The summed E-state index contributed by atoms with van der Waals surface area (Å²) in [7, 11) is 0. The molecule has 2 aromatic rings. The SMILES string of the molecule is Cc1cccc(Cl)c1NC(=O)c1ccoc1C. The average molecular weight is 250 g/mol. The van der Waals surface area contributed by atoms with Gasteiger partial charge in [0.1, 0.15) is 5.76 Å². The molecule has 1 amide bonds. The van der Waals surface area contributed by atoms with Crippen molar-refractivity contribution in [3.05, 3.63) is 52.4 Å². The lowest BCUT2D eigenvalue weighted by molar-refractivity contribution is 0.102. The molecular weight excluding hydrogens is 238 g/mol. The third kappa shape index (κ3) is 2.34. The molecule has 4 heteroatoms. The van der Waals surface area contributed by atoms with Crippen LogP contribution in [0.25, 0.3) is 0 Å². The van der Waals surface area contributed by atoms with Crippen LogP contribution in [0.1, 0.15) is 21.7 Å². The second-order valence-corrected chi connectivity index (χ2v) is 4.18. The summed E-state index contributed by atoms with van der Waals surface area (Å²) in [6.45, 7) is 3.64.